The number of nitrogens with two attached hydrogens (primary N) is 1. The molecule has 0 radical (unpaired) electrons. The maximum Gasteiger partial charge on any atom is 0.472 e. The molecule has 0 aromatic heterocycles. The molecule has 0 aliphatic carbocycles. The normalized spacial score (nSPS) is 14.0. The third-order valence-electron chi connectivity index (χ3n) is 8.51. The van der Waals surface area contributed by atoms with Crippen LogP contribution in [-0.4, -0.2) is 59.9 Å². The van der Waals surface area contributed by atoms with Crippen molar-refractivity contribution < 1.29 is 47.5 Å². The van der Waals surface area contributed by atoms with Crippen LogP contribution in [0, 0.1) is 0 Å². The van der Waals surface area contributed by atoms with Gasteiger partial charge in [-0.05, 0) is 38.5 Å². The second-order valence-corrected chi connectivity index (χ2v) is 14.9. The molecule has 12 heteroatoms. The quantitative estimate of drug-likeness (QED) is 0.0240. The lowest BCUT2D eigenvalue weighted by molar-refractivity contribution is -0.161. The van der Waals surface area contributed by atoms with Gasteiger partial charge in [-0.25, -0.2) is 4.57 Å². The van der Waals surface area contributed by atoms with Gasteiger partial charge >= 0.3 is 25.7 Å². The van der Waals surface area contributed by atoms with E-state index < -0.39 is 51.1 Å². The number of rotatable bonds is 37. The fourth-order valence-electron chi connectivity index (χ4n) is 5.35. The zero-order valence-corrected chi connectivity index (χ0v) is 32.4. The maximum atomic E-state index is 12.6. The Hall–Kier alpha value is -1.78. The average Bonchev–Trinajstić information content (AvgIpc) is 3.09. The molecule has 0 aromatic carbocycles. The minimum atomic E-state index is -4.71. The van der Waals surface area contributed by atoms with Gasteiger partial charge in [-0.15, -0.1) is 0 Å². The van der Waals surface area contributed by atoms with E-state index in [1.807, 2.05) is 0 Å². The Labute approximate surface area is 303 Å². The second kappa shape index (κ2) is 34.3. The third kappa shape index (κ3) is 33.4. The molecule has 1 unspecified atom stereocenters. The highest BCUT2D eigenvalue weighted by molar-refractivity contribution is 7.47. The van der Waals surface area contributed by atoms with Crippen LogP contribution in [0.5, 0.6) is 0 Å². The van der Waals surface area contributed by atoms with Crippen molar-refractivity contribution in [3.63, 3.8) is 0 Å². The predicted molar refractivity (Wildman–Crippen MR) is 199 cm³/mol. The number of carbonyl (C=O) groups excluding carboxylic acids is 2. The summed E-state index contributed by atoms with van der Waals surface area (Å²) in [6, 6.07) is -1.52. The van der Waals surface area contributed by atoms with Crippen molar-refractivity contribution in [3.8, 4) is 0 Å². The molecule has 0 bridgehead atoms. The van der Waals surface area contributed by atoms with Crippen LogP contribution in [0.25, 0.3) is 0 Å². The van der Waals surface area contributed by atoms with Crippen molar-refractivity contribution in [2.45, 2.75) is 193 Å². The first-order valence-corrected chi connectivity index (χ1v) is 21.2. The van der Waals surface area contributed by atoms with E-state index in [-0.39, 0.29) is 19.4 Å². The number of esters is 2. The summed E-state index contributed by atoms with van der Waals surface area (Å²) in [6.07, 6.45) is 31.4. The Balaban J connectivity index is 4.42. The molecule has 0 saturated carbocycles. The molecule has 0 fully saturated rings. The van der Waals surface area contributed by atoms with E-state index in [0.29, 0.717) is 12.8 Å². The van der Waals surface area contributed by atoms with Crippen LogP contribution >= 0.6 is 7.82 Å². The first-order valence-electron chi connectivity index (χ1n) is 19.7. The fourth-order valence-corrected chi connectivity index (χ4v) is 6.13. The van der Waals surface area contributed by atoms with E-state index in [9.17, 15) is 23.8 Å². The van der Waals surface area contributed by atoms with Crippen LogP contribution in [0.1, 0.15) is 181 Å². The first-order chi connectivity index (χ1) is 24.1. The number of ether oxygens (including phenoxy) is 2. The molecular weight excluding hydrogens is 661 g/mol. The highest BCUT2D eigenvalue weighted by Gasteiger charge is 2.28. The standard InChI is InChI=1S/C38H72NO10P/c1-3-5-7-9-11-13-15-16-17-18-20-22-24-26-28-30-37(41)49-34(32-47-50(44,45)48-33-35(39)38(42)43)31-46-36(40)29-27-25-23-21-19-14-12-10-8-6-4-2/h16-17,34-35H,3-15,18-33,39H2,1-2H3,(H,42,43)(H,44,45)/t34-,35+/m1/s1. The summed E-state index contributed by atoms with van der Waals surface area (Å²) < 4.78 is 32.6. The minimum Gasteiger partial charge on any atom is -0.480 e. The molecule has 4 N–H and O–H groups in total. The topological polar surface area (TPSA) is 172 Å². The van der Waals surface area contributed by atoms with Crippen LogP contribution in [0.2, 0.25) is 0 Å². The SMILES string of the molecule is CCCCCCCCC=CCCCCCCCC(=O)O[C@H](COC(=O)CCCCCCCCCCCCC)COP(=O)(O)OC[C@H](N)C(=O)O. The van der Waals surface area contributed by atoms with Crippen molar-refractivity contribution in [1.82, 2.24) is 0 Å². The van der Waals surface area contributed by atoms with Gasteiger partial charge in [0.15, 0.2) is 6.10 Å². The van der Waals surface area contributed by atoms with Gasteiger partial charge in [0.25, 0.3) is 0 Å². The summed E-state index contributed by atoms with van der Waals surface area (Å²) in [5.41, 5.74) is 5.31. The zero-order valence-electron chi connectivity index (χ0n) is 31.5. The molecule has 0 heterocycles. The number of carboxylic acid groups (broad SMARTS) is 1. The van der Waals surface area contributed by atoms with Gasteiger partial charge in [0.2, 0.25) is 0 Å². The van der Waals surface area contributed by atoms with Crippen molar-refractivity contribution in [3.05, 3.63) is 12.2 Å². The summed E-state index contributed by atoms with van der Waals surface area (Å²) in [4.78, 5) is 45.7. The van der Waals surface area contributed by atoms with Crippen LogP contribution in [0.4, 0.5) is 0 Å². The highest BCUT2D eigenvalue weighted by atomic mass is 31.2. The van der Waals surface area contributed by atoms with Crippen LogP contribution in [-0.2, 0) is 37.5 Å². The number of unbranched alkanes of at least 4 members (excludes halogenated alkanes) is 21. The largest absolute Gasteiger partial charge is 0.480 e. The van der Waals surface area contributed by atoms with Gasteiger partial charge in [-0.2, -0.15) is 0 Å². The van der Waals surface area contributed by atoms with E-state index >= 15 is 0 Å². The van der Waals surface area contributed by atoms with Crippen LogP contribution in [0.3, 0.4) is 0 Å². The predicted octanol–water partition coefficient (Wildman–Crippen LogP) is 9.73. The highest BCUT2D eigenvalue weighted by Crippen LogP contribution is 2.43. The molecule has 0 aliphatic heterocycles. The molecule has 11 nitrogen and oxygen atoms in total. The number of hydrogen-bond acceptors (Lipinski definition) is 9. The van der Waals surface area contributed by atoms with Crippen molar-refractivity contribution in [1.29, 1.82) is 0 Å². The number of phosphoric ester groups is 1. The van der Waals surface area contributed by atoms with E-state index in [2.05, 4.69) is 30.5 Å². The number of allylic oxidation sites excluding steroid dienone is 2. The first kappa shape index (κ1) is 48.2. The van der Waals surface area contributed by atoms with Gasteiger partial charge in [-0.1, -0.05) is 142 Å². The molecule has 0 rings (SSSR count). The monoisotopic (exact) mass is 733 g/mol. The lowest BCUT2D eigenvalue weighted by Crippen LogP contribution is -2.34. The summed E-state index contributed by atoms with van der Waals surface area (Å²) >= 11 is 0. The number of aliphatic carboxylic acids is 1. The van der Waals surface area contributed by atoms with Gasteiger partial charge < -0.3 is 25.2 Å². The minimum absolute atomic E-state index is 0.155. The second-order valence-electron chi connectivity index (χ2n) is 13.4. The number of phosphoric acid groups is 1. The smallest absolute Gasteiger partial charge is 0.472 e. The van der Waals surface area contributed by atoms with E-state index in [1.54, 1.807) is 0 Å². The third-order valence-corrected chi connectivity index (χ3v) is 9.46. The van der Waals surface area contributed by atoms with Gasteiger partial charge in [-0.3, -0.25) is 23.4 Å². The van der Waals surface area contributed by atoms with Gasteiger partial charge in [0.1, 0.15) is 12.6 Å². The van der Waals surface area contributed by atoms with E-state index in [1.165, 1.54) is 83.5 Å². The van der Waals surface area contributed by atoms with Gasteiger partial charge in [0, 0.05) is 12.8 Å². The van der Waals surface area contributed by atoms with Crippen molar-refractivity contribution in [2.75, 3.05) is 19.8 Å². The lowest BCUT2D eigenvalue weighted by Gasteiger charge is -2.20. The number of carbonyl (C=O) groups is 3. The summed E-state index contributed by atoms with van der Waals surface area (Å²) in [5, 5.41) is 8.86. The maximum absolute atomic E-state index is 12.6. The molecular formula is C38H72NO10P. The number of hydrogen-bond donors (Lipinski definition) is 3. The molecule has 0 amide bonds. The molecule has 50 heavy (non-hydrogen) atoms. The summed E-state index contributed by atoms with van der Waals surface area (Å²) in [5.74, 6) is -2.38. The summed E-state index contributed by atoms with van der Waals surface area (Å²) in [6.45, 7) is 2.77. The van der Waals surface area contributed by atoms with Crippen LogP contribution < -0.4 is 5.73 Å². The average molecular weight is 734 g/mol. The Morgan fingerprint density at radius 1 is 0.600 bits per heavy atom. The van der Waals surface area contributed by atoms with E-state index in [4.69, 9.17) is 24.8 Å². The van der Waals surface area contributed by atoms with Crippen molar-refractivity contribution >= 4 is 25.7 Å². The van der Waals surface area contributed by atoms with Crippen molar-refractivity contribution in [2.24, 2.45) is 5.73 Å². The zero-order chi connectivity index (χ0) is 37.1. The van der Waals surface area contributed by atoms with E-state index in [0.717, 1.165) is 57.8 Å². The molecule has 294 valence electrons. The molecule has 3 atom stereocenters. The van der Waals surface area contributed by atoms with Crippen LogP contribution in [0.15, 0.2) is 12.2 Å². The molecule has 0 aromatic rings. The molecule has 0 spiro atoms. The molecule has 0 aliphatic rings. The number of carboxylic acids is 1. The Kier molecular flexibility index (Phi) is 33.1. The Morgan fingerprint density at radius 2 is 1.00 bits per heavy atom. The summed E-state index contributed by atoms with van der Waals surface area (Å²) in [7, 11) is -4.71. The van der Waals surface area contributed by atoms with Gasteiger partial charge in [0.05, 0.1) is 13.2 Å². The Morgan fingerprint density at radius 3 is 1.46 bits per heavy atom. The lowest BCUT2D eigenvalue weighted by atomic mass is 10.1. The fraction of sp³-hybridized carbons (Fsp3) is 0.868. The Bertz CT molecular complexity index is 916. The molecule has 0 saturated heterocycles.